The summed E-state index contributed by atoms with van der Waals surface area (Å²) in [6.45, 7) is 10.2. The van der Waals surface area contributed by atoms with Crippen LogP contribution in [-0.4, -0.2) is 26.2 Å². The fourth-order valence-corrected chi connectivity index (χ4v) is 3.42. The Balaban J connectivity index is 1.70. The molecule has 23 heavy (non-hydrogen) atoms. The van der Waals surface area contributed by atoms with Crippen LogP contribution < -0.4 is 9.80 Å². The molecule has 2 aromatic carbocycles. The quantitative estimate of drug-likeness (QED) is 0.818. The van der Waals surface area contributed by atoms with Gasteiger partial charge in [-0.1, -0.05) is 32.0 Å². The van der Waals surface area contributed by atoms with Gasteiger partial charge in [-0.15, -0.1) is 0 Å². The van der Waals surface area contributed by atoms with Crippen molar-refractivity contribution in [2.24, 2.45) is 0 Å². The number of halogens is 1. The predicted molar refractivity (Wildman–Crippen MR) is 96.1 cm³/mol. The van der Waals surface area contributed by atoms with Gasteiger partial charge in [-0.2, -0.15) is 0 Å². The molecule has 1 saturated heterocycles. The molecule has 0 radical (unpaired) electrons. The summed E-state index contributed by atoms with van der Waals surface area (Å²) < 4.78 is 13.9. The van der Waals surface area contributed by atoms with Gasteiger partial charge in [0.1, 0.15) is 5.82 Å². The van der Waals surface area contributed by atoms with E-state index in [1.165, 1.54) is 22.9 Å². The maximum Gasteiger partial charge on any atom is 0.146 e. The van der Waals surface area contributed by atoms with Crippen molar-refractivity contribution in [2.75, 3.05) is 36.0 Å². The number of rotatable bonds is 3. The minimum absolute atomic E-state index is 0.127. The van der Waals surface area contributed by atoms with Crippen molar-refractivity contribution in [2.45, 2.75) is 26.7 Å². The first-order valence-electron chi connectivity index (χ1n) is 8.41. The second-order valence-corrected chi connectivity index (χ2v) is 6.62. The van der Waals surface area contributed by atoms with E-state index in [4.69, 9.17) is 0 Å². The minimum atomic E-state index is -0.127. The topological polar surface area (TPSA) is 6.48 Å². The van der Waals surface area contributed by atoms with Crippen molar-refractivity contribution < 1.29 is 4.39 Å². The van der Waals surface area contributed by atoms with Crippen LogP contribution in [0.3, 0.4) is 0 Å². The van der Waals surface area contributed by atoms with Crippen LogP contribution in [0.15, 0.2) is 42.5 Å². The van der Waals surface area contributed by atoms with Crippen LogP contribution in [0, 0.1) is 12.7 Å². The number of aryl methyl sites for hydroxylation is 1. The van der Waals surface area contributed by atoms with Gasteiger partial charge in [-0.05, 0) is 48.2 Å². The molecule has 3 rings (SSSR count). The molecule has 2 nitrogen and oxygen atoms in total. The Kier molecular flexibility index (Phi) is 4.56. The maximum absolute atomic E-state index is 13.9. The van der Waals surface area contributed by atoms with Crippen molar-refractivity contribution >= 4 is 11.4 Å². The Morgan fingerprint density at radius 1 is 0.913 bits per heavy atom. The van der Waals surface area contributed by atoms with E-state index in [0.717, 1.165) is 31.9 Å². The number of nitrogens with zero attached hydrogens (tertiary/aromatic N) is 2. The standard InChI is InChI=1S/C20H25FN2/c1-15(2)18-9-8-17(14-16(18)3)22-10-12-23(13-11-22)20-7-5-4-6-19(20)21/h4-9,14-15H,10-13H2,1-3H3. The van der Waals surface area contributed by atoms with Gasteiger partial charge in [0.2, 0.25) is 0 Å². The number of para-hydroxylation sites is 1. The summed E-state index contributed by atoms with van der Waals surface area (Å²) >= 11 is 0. The third-order valence-corrected chi connectivity index (χ3v) is 4.71. The lowest BCUT2D eigenvalue weighted by Gasteiger charge is -2.37. The largest absolute Gasteiger partial charge is 0.368 e. The van der Waals surface area contributed by atoms with Crippen LogP contribution in [0.2, 0.25) is 0 Å². The van der Waals surface area contributed by atoms with Gasteiger partial charge in [0.05, 0.1) is 5.69 Å². The van der Waals surface area contributed by atoms with Crippen molar-refractivity contribution in [1.29, 1.82) is 0 Å². The normalized spacial score (nSPS) is 15.3. The van der Waals surface area contributed by atoms with Gasteiger partial charge in [-0.3, -0.25) is 0 Å². The minimum Gasteiger partial charge on any atom is -0.368 e. The van der Waals surface area contributed by atoms with Crippen molar-refractivity contribution in [3.05, 3.63) is 59.4 Å². The van der Waals surface area contributed by atoms with E-state index < -0.39 is 0 Å². The Morgan fingerprint density at radius 3 is 2.17 bits per heavy atom. The molecule has 1 aliphatic heterocycles. The van der Waals surface area contributed by atoms with Crippen LogP contribution in [0.5, 0.6) is 0 Å². The monoisotopic (exact) mass is 312 g/mol. The Bertz CT molecular complexity index is 673. The summed E-state index contributed by atoms with van der Waals surface area (Å²) in [5.74, 6) is 0.431. The molecule has 1 fully saturated rings. The molecule has 122 valence electrons. The van der Waals surface area contributed by atoms with E-state index in [1.54, 1.807) is 6.07 Å². The highest BCUT2D eigenvalue weighted by Crippen LogP contribution is 2.26. The van der Waals surface area contributed by atoms with Crippen LogP contribution in [0.4, 0.5) is 15.8 Å². The van der Waals surface area contributed by atoms with Crippen molar-refractivity contribution in [1.82, 2.24) is 0 Å². The lowest BCUT2D eigenvalue weighted by Crippen LogP contribution is -2.46. The van der Waals surface area contributed by atoms with Crippen LogP contribution >= 0.6 is 0 Å². The van der Waals surface area contributed by atoms with Crippen LogP contribution in [0.25, 0.3) is 0 Å². The van der Waals surface area contributed by atoms with Gasteiger partial charge in [0.25, 0.3) is 0 Å². The zero-order chi connectivity index (χ0) is 16.4. The third kappa shape index (κ3) is 3.34. The highest BCUT2D eigenvalue weighted by molar-refractivity contribution is 5.54. The third-order valence-electron chi connectivity index (χ3n) is 4.71. The molecule has 0 saturated carbocycles. The SMILES string of the molecule is Cc1cc(N2CCN(c3ccccc3F)CC2)ccc1C(C)C. The summed E-state index contributed by atoms with van der Waals surface area (Å²) in [4.78, 5) is 4.54. The molecule has 1 aliphatic rings. The van der Waals surface area contributed by atoms with Gasteiger partial charge >= 0.3 is 0 Å². The van der Waals surface area contributed by atoms with Gasteiger partial charge in [-0.25, -0.2) is 4.39 Å². The van der Waals surface area contributed by atoms with Crippen molar-refractivity contribution in [3.8, 4) is 0 Å². The lowest BCUT2D eigenvalue weighted by molar-refractivity contribution is 0.598. The summed E-state index contributed by atoms with van der Waals surface area (Å²) in [5.41, 5.74) is 4.77. The highest BCUT2D eigenvalue weighted by Gasteiger charge is 2.20. The molecule has 0 atom stereocenters. The second kappa shape index (κ2) is 6.61. The van der Waals surface area contributed by atoms with E-state index in [9.17, 15) is 4.39 Å². The molecule has 3 heteroatoms. The average molecular weight is 312 g/mol. The van der Waals surface area contributed by atoms with E-state index in [2.05, 4.69) is 48.8 Å². The first kappa shape index (κ1) is 15.9. The molecule has 0 bridgehead atoms. The highest BCUT2D eigenvalue weighted by atomic mass is 19.1. The zero-order valence-corrected chi connectivity index (χ0v) is 14.2. The molecule has 0 aliphatic carbocycles. The Hall–Kier alpha value is -2.03. The Labute approximate surface area is 138 Å². The lowest BCUT2D eigenvalue weighted by atomic mass is 9.97. The molecular formula is C20H25FN2. The fraction of sp³-hybridized carbons (Fsp3) is 0.400. The summed E-state index contributed by atoms with van der Waals surface area (Å²) in [7, 11) is 0. The zero-order valence-electron chi connectivity index (χ0n) is 14.2. The predicted octanol–water partition coefficient (Wildman–Crippen LogP) is 4.58. The molecule has 0 spiro atoms. The molecule has 2 aromatic rings. The summed E-state index contributed by atoms with van der Waals surface area (Å²) in [5, 5.41) is 0. The fourth-order valence-electron chi connectivity index (χ4n) is 3.42. The smallest absolute Gasteiger partial charge is 0.146 e. The number of anilines is 2. The van der Waals surface area contributed by atoms with E-state index in [0.29, 0.717) is 5.92 Å². The Morgan fingerprint density at radius 2 is 1.57 bits per heavy atom. The van der Waals surface area contributed by atoms with E-state index >= 15 is 0 Å². The molecule has 1 heterocycles. The van der Waals surface area contributed by atoms with Crippen LogP contribution in [0.1, 0.15) is 30.9 Å². The van der Waals surface area contributed by atoms with Gasteiger partial charge in [0.15, 0.2) is 0 Å². The van der Waals surface area contributed by atoms with Gasteiger partial charge < -0.3 is 9.80 Å². The molecular weight excluding hydrogens is 287 g/mol. The maximum atomic E-state index is 13.9. The molecule has 0 unspecified atom stereocenters. The van der Waals surface area contributed by atoms with E-state index in [-0.39, 0.29) is 5.82 Å². The van der Waals surface area contributed by atoms with E-state index in [1.807, 2.05) is 12.1 Å². The van der Waals surface area contributed by atoms with Crippen molar-refractivity contribution in [3.63, 3.8) is 0 Å². The number of hydrogen-bond donors (Lipinski definition) is 0. The first-order valence-corrected chi connectivity index (χ1v) is 8.41. The molecule has 0 N–H and O–H groups in total. The van der Waals surface area contributed by atoms with Crippen LogP contribution in [-0.2, 0) is 0 Å². The van der Waals surface area contributed by atoms with Gasteiger partial charge in [0, 0.05) is 31.9 Å². The molecule has 0 amide bonds. The summed E-state index contributed by atoms with van der Waals surface area (Å²) in [6, 6.07) is 13.8. The second-order valence-electron chi connectivity index (χ2n) is 6.62. The molecule has 0 aromatic heterocycles. The summed E-state index contributed by atoms with van der Waals surface area (Å²) in [6.07, 6.45) is 0. The number of benzene rings is 2. The average Bonchev–Trinajstić information content (AvgIpc) is 2.55. The number of hydrogen-bond acceptors (Lipinski definition) is 2. The first-order chi connectivity index (χ1) is 11.1. The number of piperazine rings is 1.